The van der Waals surface area contributed by atoms with Crippen LogP contribution in [0.1, 0.15) is 31.4 Å². The second kappa shape index (κ2) is 4.52. The highest BCUT2D eigenvalue weighted by atomic mass is 32.1. The van der Waals surface area contributed by atoms with Crippen LogP contribution in [0, 0.1) is 0 Å². The maximum Gasteiger partial charge on any atom is 0.248 e. The number of alkyl halides is 2. The zero-order valence-corrected chi connectivity index (χ0v) is 11.0. The molecule has 3 rings (SSSR count). The lowest BCUT2D eigenvalue weighted by molar-refractivity contribution is -0.0243. The second-order valence-electron chi connectivity index (χ2n) is 4.77. The number of hydrogen-bond acceptors (Lipinski definition) is 4. The van der Waals surface area contributed by atoms with E-state index in [9.17, 15) is 8.78 Å². The van der Waals surface area contributed by atoms with Gasteiger partial charge in [0.2, 0.25) is 11.9 Å². The number of anilines is 1. The number of hydrogen-bond donors (Lipinski definition) is 1. The third kappa shape index (κ3) is 2.58. The van der Waals surface area contributed by atoms with Gasteiger partial charge in [0.25, 0.3) is 0 Å². The Balaban J connectivity index is 1.95. The van der Waals surface area contributed by atoms with Gasteiger partial charge in [0.15, 0.2) is 0 Å². The summed E-state index contributed by atoms with van der Waals surface area (Å²) in [6.45, 7) is 0. The van der Waals surface area contributed by atoms with Crippen LogP contribution in [-0.4, -0.2) is 15.9 Å². The lowest BCUT2D eigenvalue weighted by Crippen LogP contribution is -2.20. The van der Waals surface area contributed by atoms with Gasteiger partial charge >= 0.3 is 0 Å². The summed E-state index contributed by atoms with van der Waals surface area (Å²) in [4.78, 5) is 9.20. The first-order valence-electron chi connectivity index (χ1n) is 6.11. The van der Waals surface area contributed by atoms with Gasteiger partial charge in [-0.15, -0.1) is 11.3 Å². The molecule has 2 aromatic heterocycles. The fourth-order valence-corrected chi connectivity index (χ4v) is 3.06. The van der Waals surface area contributed by atoms with Crippen molar-refractivity contribution in [2.75, 3.05) is 5.73 Å². The molecule has 0 bridgehead atoms. The van der Waals surface area contributed by atoms with Gasteiger partial charge in [-0.2, -0.15) is 0 Å². The van der Waals surface area contributed by atoms with Crippen LogP contribution in [0.5, 0.6) is 0 Å². The number of nitrogen functional groups attached to an aromatic ring is 1. The summed E-state index contributed by atoms with van der Waals surface area (Å²) in [6, 6.07) is 1.93. The normalized spacial score (nSPS) is 18.7. The topological polar surface area (TPSA) is 51.8 Å². The zero-order valence-electron chi connectivity index (χ0n) is 10.2. The van der Waals surface area contributed by atoms with Crippen LogP contribution in [-0.2, 0) is 0 Å². The van der Waals surface area contributed by atoms with Gasteiger partial charge in [0, 0.05) is 18.2 Å². The van der Waals surface area contributed by atoms with Gasteiger partial charge < -0.3 is 5.73 Å². The summed E-state index contributed by atoms with van der Waals surface area (Å²) in [5.41, 5.74) is 7.42. The summed E-state index contributed by atoms with van der Waals surface area (Å²) in [7, 11) is 0. The summed E-state index contributed by atoms with van der Waals surface area (Å²) in [6.07, 6.45) is 2.58. The number of halogens is 2. The third-order valence-corrected chi connectivity index (χ3v) is 4.14. The molecule has 100 valence electrons. The third-order valence-electron chi connectivity index (χ3n) is 3.34. The minimum Gasteiger partial charge on any atom is -0.368 e. The van der Waals surface area contributed by atoms with Crippen molar-refractivity contribution in [3.05, 3.63) is 22.7 Å². The number of nitrogens with two attached hydrogens (primary N) is 1. The van der Waals surface area contributed by atoms with Crippen molar-refractivity contribution in [3.8, 4) is 0 Å². The van der Waals surface area contributed by atoms with Gasteiger partial charge in [-0.05, 0) is 30.4 Å². The van der Waals surface area contributed by atoms with E-state index in [-0.39, 0.29) is 18.8 Å². The minimum absolute atomic E-state index is 0.0772. The average molecular weight is 281 g/mol. The molecule has 3 nitrogen and oxygen atoms in total. The monoisotopic (exact) mass is 281 g/mol. The molecule has 1 saturated carbocycles. The molecule has 2 heterocycles. The van der Waals surface area contributed by atoms with E-state index in [1.165, 1.54) is 11.3 Å². The molecule has 0 aliphatic heterocycles. The van der Waals surface area contributed by atoms with Crippen LogP contribution in [0.2, 0.25) is 0 Å². The van der Waals surface area contributed by atoms with Crippen LogP contribution < -0.4 is 5.73 Å². The van der Waals surface area contributed by atoms with Crippen molar-refractivity contribution < 1.29 is 8.78 Å². The Morgan fingerprint density at radius 3 is 2.74 bits per heavy atom. The van der Waals surface area contributed by atoms with E-state index < -0.39 is 5.92 Å². The molecule has 0 spiro atoms. The van der Waals surface area contributed by atoms with Gasteiger partial charge in [0.05, 0.1) is 5.69 Å². The first-order valence-corrected chi connectivity index (χ1v) is 6.99. The Morgan fingerprint density at radius 2 is 2.00 bits per heavy atom. The lowest BCUT2D eigenvalue weighted by Gasteiger charge is -2.23. The van der Waals surface area contributed by atoms with Crippen molar-refractivity contribution in [2.24, 2.45) is 0 Å². The highest BCUT2D eigenvalue weighted by Crippen LogP contribution is 2.37. The molecular formula is C13H13F2N3S. The largest absolute Gasteiger partial charge is 0.368 e. The Hall–Kier alpha value is -1.56. The average Bonchev–Trinajstić information content (AvgIpc) is 2.80. The van der Waals surface area contributed by atoms with Crippen molar-refractivity contribution in [3.63, 3.8) is 0 Å². The second-order valence-corrected chi connectivity index (χ2v) is 5.66. The van der Waals surface area contributed by atoms with Crippen LogP contribution in [0.4, 0.5) is 14.7 Å². The molecule has 0 unspecified atom stereocenters. The molecule has 1 aliphatic carbocycles. The highest BCUT2D eigenvalue weighted by Gasteiger charge is 2.32. The number of aromatic nitrogens is 2. The first-order chi connectivity index (χ1) is 9.03. The maximum absolute atomic E-state index is 13.1. The summed E-state index contributed by atoms with van der Waals surface area (Å²) in [5.74, 6) is -2.29. The predicted molar refractivity (Wildman–Crippen MR) is 73.2 cm³/mol. The molecular weight excluding hydrogens is 268 g/mol. The van der Waals surface area contributed by atoms with E-state index in [1.807, 2.05) is 17.5 Å². The smallest absolute Gasteiger partial charge is 0.248 e. The van der Waals surface area contributed by atoms with Gasteiger partial charge in [-0.1, -0.05) is 5.57 Å². The molecule has 0 aromatic carbocycles. The summed E-state index contributed by atoms with van der Waals surface area (Å²) < 4.78 is 26.2. The number of thiophene rings is 1. The Kier molecular flexibility index (Phi) is 2.97. The maximum atomic E-state index is 13.1. The SMILES string of the molecule is Nc1nc(C=C2CCC(F)(F)CC2)c2ccsc2n1. The van der Waals surface area contributed by atoms with Crippen molar-refractivity contribution in [1.82, 2.24) is 9.97 Å². The molecule has 19 heavy (non-hydrogen) atoms. The van der Waals surface area contributed by atoms with E-state index in [4.69, 9.17) is 5.73 Å². The number of fused-ring (bicyclic) bond motifs is 1. The Morgan fingerprint density at radius 1 is 1.26 bits per heavy atom. The van der Waals surface area contributed by atoms with Gasteiger partial charge in [-0.3, -0.25) is 0 Å². The van der Waals surface area contributed by atoms with Crippen molar-refractivity contribution in [2.45, 2.75) is 31.6 Å². The van der Waals surface area contributed by atoms with E-state index >= 15 is 0 Å². The Labute approximate surface area is 113 Å². The molecule has 0 atom stereocenters. The number of rotatable bonds is 1. The van der Waals surface area contributed by atoms with E-state index in [1.54, 1.807) is 0 Å². The zero-order chi connectivity index (χ0) is 13.5. The lowest BCUT2D eigenvalue weighted by atomic mass is 9.91. The summed E-state index contributed by atoms with van der Waals surface area (Å²) >= 11 is 1.50. The number of nitrogens with zero attached hydrogens (tertiary/aromatic N) is 2. The van der Waals surface area contributed by atoms with Gasteiger partial charge in [-0.25, -0.2) is 18.7 Å². The highest BCUT2D eigenvalue weighted by molar-refractivity contribution is 7.16. The molecule has 0 saturated heterocycles. The molecule has 0 amide bonds. The van der Waals surface area contributed by atoms with E-state index in [2.05, 4.69) is 9.97 Å². The molecule has 0 radical (unpaired) electrons. The van der Waals surface area contributed by atoms with E-state index in [0.29, 0.717) is 12.8 Å². The van der Waals surface area contributed by atoms with Crippen LogP contribution in [0.3, 0.4) is 0 Å². The van der Waals surface area contributed by atoms with Gasteiger partial charge in [0.1, 0.15) is 4.83 Å². The van der Waals surface area contributed by atoms with Crippen LogP contribution >= 0.6 is 11.3 Å². The molecule has 2 aromatic rings. The minimum atomic E-state index is -2.51. The number of allylic oxidation sites excluding steroid dienone is 1. The molecule has 1 fully saturated rings. The molecule has 6 heteroatoms. The quantitative estimate of drug-likeness (QED) is 0.863. The predicted octanol–water partition coefficient (Wildman–Crippen LogP) is 3.87. The van der Waals surface area contributed by atoms with Crippen LogP contribution in [0.15, 0.2) is 17.0 Å². The summed E-state index contributed by atoms with van der Waals surface area (Å²) in [5, 5.41) is 2.86. The van der Waals surface area contributed by atoms with Crippen molar-refractivity contribution in [1.29, 1.82) is 0 Å². The van der Waals surface area contributed by atoms with E-state index in [0.717, 1.165) is 21.5 Å². The molecule has 1 aliphatic rings. The first kappa shape index (κ1) is 12.5. The van der Waals surface area contributed by atoms with Crippen LogP contribution in [0.25, 0.3) is 16.3 Å². The molecule has 2 N–H and O–H groups in total. The Bertz CT molecular complexity index is 636. The standard InChI is InChI=1S/C13H13F2N3S/c14-13(15)4-1-8(2-5-13)7-10-9-3-6-19-11(9)18-12(16)17-10/h3,6-7H,1-2,4-5H2,(H2,16,17,18). The fourth-order valence-electron chi connectivity index (χ4n) is 2.28. The fraction of sp³-hybridized carbons (Fsp3) is 0.385. The van der Waals surface area contributed by atoms with Crippen molar-refractivity contribution >= 4 is 33.6 Å².